The molecule has 0 atom stereocenters. The van der Waals surface area contributed by atoms with Gasteiger partial charge in [0.25, 0.3) is 0 Å². The number of hydrogen-bond donors (Lipinski definition) is 5. The Hall–Kier alpha value is -4.45. The van der Waals surface area contributed by atoms with Gasteiger partial charge in [-0.2, -0.15) is 0 Å². The van der Waals surface area contributed by atoms with Crippen LogP contribution in [0.5, 0.6) is 0 Å². The minimum atomic E-state index is -0.808. The topological polar surface area (TPSA) is 100 Å². The molecule has 4 aromatic heterocycles. The molecule has 0 unspecified atom stereocenters. The van der Waals surface area contributed by atoms with Gasteiger partial charge in [0.1, 0.15) is 0 Å². The highest BCUT2D eigenvalue weighted by atomic mass is 16.4. The Morgan fingerprint density at radius 3 is 1.79 bits per heavy atom. The van der Waals surface area contributed by atoms with Crippen molar-refractivity contribution in [2.24, 2.45) is 0 Å². The Bertz CT molecular complexity index is 1880. The molecule has 4 aromatic rings. The number of carboxylic acids is 1. The molecule has 0 aromatic carbocycles. The SMILES string of the molecule is C=Cc1c2[nH]c(c1C)/C=c1\[nH]/c(c(C)c1C=C)=C\c1[nH]c(c(C)c1C)/C=c1\[nH]/c(c(C)c1CCC(=O)O)=C\2. The fourth-order valence-corrected chi connectivity index (χ4v) is 5.45. The molecule has 5 heterocycles. The lowest BCUT2D eigenvalue weighted by Gasteiger charge is -1.99. The van der Waals surface area contributed by atoms with Crippen LogP contribution in [0.2, 0.25) is 0 Å². The average Bonchev–Trinajstić information content (AvgIpc) is 3.52. The normalized spacial score (nSPS) is 15.8. The van der Waals surface area contributed by atoms with Crippen LogP contribution in [0.15, 0.2) is 13.2 Å². The zero-order chi connectivity index (χ0) is 27.3. The van der Waals surface area contributed by atoms with Crippen LogP contribution in [0.25, 0.3) is 36.5 Å². The van der Waals surface area contributed by atoms with Crippen molar-refractivity contribution in [2.75, 3.05) is 0 Å². The molecule has 1 aliphatic rings. The number of hydrogen-bond acceptors (Lipinski definition) is 1. The van der Waals surface area contributed by atoms with Crippen molar-refractivity contribution in [1.82, 2.24) is 19.9 Å². The number of nitrogens with one attached hydrogen (secondary N) is 4. The fraction of sp³-hybridized carbons (Fsp3) is 0.219. The van der Waals surface area contributed by atoms with Gasteiger partial charge in [-0.15, -0.1) is 0 Å². The molecule has 38 heavy (non-hydrogen) atoms. The minimum absolute atomic E-state index is 0.0687. The Morgan fingerprint density at radius 2 is 1.16 bits per heavy atom. The lowest BCUT2D eigenvalue weighted by molar-refractivity contribution is -0.136. The maximum Gasteiger partial charge on any atom is 0.303 e. The molecule has 5 N–H and O–H groups in total. The van der Waals surface area contributed by atoms with Gasteiger partial charge in [0, 0.05) is 61.7 Å². The second kappa shape index (κ2) is 9.45. The molecule has 0 fully saturated rings. The third kappa shape index (κ3) is 4.12. The number of rotatable bonds is 5. The number of aromatic amines is 4. The van der Waals surface area contributed by atoms with E-state index in [1.807, 2.05) is 19.1 Å². The van der Waals surface area contributed by atoms with Gasteiger partial charge in [-0.25, -0.2) is 0 Å². The van der Waals surface area contributed by atoms with Crippen molar-refractivity contribution < 1.29 is 9.90 Å². The molecule has 1 aliphatic heterocycles. The van der Waals surface area contributed by atoms with Crippen LogP contribution in [0.1, 0.15) is 73.7 Å². The van der Waals surface area contributed by atoms with Crippen LogP contribution in [0.4, 0.5) is 0 Å². The summed E-state index contributed by atoms with van der Waals surface area (Å²) < 4.78 is 0. The number of carbonyl (C=O) groups is 1. The number of fused-ring (bicyclic) bond motifs is 8. The van der Waals surface area contributed by atoms with E-state index in [1.54, 1.807) is 0 Å². The summed E-state index contributed by atoms with van der Waals surface area (Å²) in [6.07, 6.45) is 12.8. The summed E-state index contributed by atoms with van der Waals surface area (Å²) >= 11 is 0. The standard InChI is InChI=1S/C32H34N4O2/c1-8-21-18(5)26-12-24-16(3)17(4)25(33-24)13-31-23(10-11-32(37)38)20(7)28(36-31)15-30-22(9-2)19(6)27(35-30)14-29(21)34-26/h8-9,12-15,33-36H,1-2,10-11H2,3-7H3,(H,37,38)/b24-12?,25-13?,26-12-,27-14?,28-15-,29-14-,30-15?,31-13-. The maximum atomic E-state index is 11.4. The van der Waals surface area contributed by atoms with Gasteiger partial charge in [-0.1, -0.05) is 25.3 Å². The summed E-state index contributed by atoms with van der Waals surface area (Å²) in [6, 6.07) is 0. The van der Waals surface area contributed by atoms with E-state index < -0.39 is 5.97 Å². The predicted molar refractivity (Wildman–Crippen MR) is 156 cm³/mol. The van der Waals surface area contributed by atoms with E-state index in [0.29, 0.717) is 6.42 Å². The molecule has 0 spiro atoms. The van der Waals surface area contributed by atoms with Crippen molar-refractivity contribution >= 4 is 42.4 Å². The first kappa shape index (κ1) is 25.2. The summed E-state index contributed by atoms with van der Waals surface area (Å²) in [5, 5.41) is 13.3. The van der Waals surface area contributed by atoms with Gasteiger partial charge in [0.05, 0.1) is 0 Å². The third-order valence-corrected chi connectivity index (χ3v) is 7.98. The largest absolute Gasteiger partial charge is 0.481 e. The van der Waals surface area contributed by atoms with Crippen LogP contribution in [-0.4, -0.2) is 31.0 Å². The Labute approximate surface area is 221 Å². The molecule has 194 valence electrons. The van der Waals surface area contributed by atoms with Crippen molar-refractivity contribution in [3.05, 3.63) is 102 Å². The minimum Gasteiger partial charge on any atom is -0.481 e. The number of carboxylic acid groups (broad SMARTS) is 1. The van der Waals surface area contributed by atoms with Gasteiger partial charge in [0.2, 0.25) is 0 Å². The van der Waals surface area contributed by atoms with E-state index in [2.05, 4.69) is 85.1 Å². The maximum absolute atomic E-state index is 11.4. The molecule has 0 radical (unpaired) electrons. The van der Waals surface area contributed by atoms with E-state index >= 15 is 0 Å². The zero-order valence-corrected chi connectivity index (χ0v) is 22.6. The van der Waals surface area contributed by atoms with Gasteiger partial charge in [0.15, 0.2) is 0 Å². The average molecular weight is 507 g/mol. The van der Waals surface area contributed by atoms with E-state index in [1.165, 1.54) is 5.56 Å². The molecular weight excluding hydrogens is 472 g/mol. The fourth-order valence-electron chi connectivity index (χ4n) is 5.45. The van der Waals surface area contributed by atoms with Gasteiger partial charge < -0.3 is 25.0 Å². The summed E-state index contributed by atoms with van der Waals surface area (Å²) in [7, 11) is 0. The van der Waals surface area contributed by atoms with Crippen molar-refractivity contribution in [3.63, 3.8) is 0 Å². The Balaban J connectivity index is 1.93. The molecule has 0 amide bonds. The molecule has 8 bridgehead atoms. The number of aliphatic carboxylic acids is 1. The van der Waals surface area contributed by atoms with Crippen LogP contribution in [-0.2, 0) is 11.2 Å². The van der Waals surface area contributed by atoms with Crippen LogP contribution in [0.3, 0.4) is 0 Å². The van der Waals surface area contributed by atoms with Crippen molar-refractivity contribution in [2.45, 2.75) is 47.5 Å². The number of aromatic nitrogens is 4. The van der Waals surface area contributed by atoms with Gasteiger partial charge >= 0.3 is 5.97 Å². The van der Waals surface area contributed by atoms with Crippen LogP contribution >= 0.6 is 0 Å². The van der Waals surface area contributed by atoms with Crippen molar-refractivity contribution in [3.8, 4) is 0 Å². The summed E-state index contributed by atoms with van der Waals surface area (Å²) in [6.45, 7) is 18.6. The smallest absolute Gasteiger partial charge is 0.303 e. The molecule has 6 heteroatoms. The predicted octanol–water partition coefficient (Wildman–Crippen LogP) is 3.47. The Kier molecular flexibility index (Phi) is 6.27. The lowest BCUT2D eigenvalue weighted by atomic mass is 10.1. The molecule has 0 saturated carbocycles. The highest BCUT2D eigenvalue weighted by molar-refractivity contribution is 5.72. The monoisotopic (exact) mass is 506 g/mol. The molecule has 0 aliphatic carbocycles. The second-order valence-corrected chi connectivity index (χ2v) is 10.1. The summed E-state index contributed by atoms with van der Waals surface area (Å²) in [4.78, 5) is 25.8. The second-order valence-electron chi connectivity index (χ2n) is 10.1. The summed E-state index contributed by atoms with van der Waals surface area (Å²) in [5.41, 5.74) is 12.7. The molecule has 5 rings (SSSR count). The van der Waals surface area contributed by atoms with E-state index in [0.717, 1.165) is 83.1 Å². The first-order chi connectivity index (χ1) is 18.1. The lowest BCUT2D eigenvalue weighted by Crippen LogP contribution is -2.13. The number of H-pyrrole nitrogens is 4. The van der Waals surface area contributed by atoms with Gasteiger partial charge in [-0.05, 0) is 98.7 Å². The molecule has 0 saturated heterocycles. The zero-order valence-electron chi connectivity index (χ0n) is 22.6. The van der Waals surface area contributed by atoms with Crippen LogP contribution in [0, 0.1) is 34.6 Å². The highest BCUT2D eigenvalue weighted by Gasteiger charge is 2.15. The Morgan fingerprint density at radius 1 is 0.658 bits per heavy atom. The first-order valence-electron chi connectivity index (χ1n) is 12.8. The highest BCUT2D eigenvalue weighted by Crippen LogP contribution is 2.22. The molecular formula is C32H34N4O2. The van der Waals surface area contributed by atoms with E-state index in [-0.39, 0.29) is 6.42 Å². The quantitative estimate of drug-likeness (QED) is 0.252. The summed E-state index contributed by atoms with van der Waals surface area (Å²) in [5.74, 6) is -0.808. The van der Waals surface area contributed by atoms with Gasteiger partial charge in [-0.3, -0.25) is 4.79 Å². The van der Waals surface area contributed by atoms with E-state index in [4.69, 9.17) is 0 Å². The first-order valence-corrected chi connectivity index (χ1v) is 12.8. The van der Waals surface area contributed by atoms with Crippen molar-refractivity contribution in [1.29, 1.82) is 0 Å². The van der Waals surface area contributed by atoms with Crippen LogP contribution < -0.4 is 21.4 Å². The third-order valence-electron chi connectivity index (χ3n) is 7.98. The van der Waals surface area contributed by atoms with E-state index in [9.17, 15) is 9.90 Å². The molecule has 6 nitrogen and oxygen atoms in total.